The van der Waals surface area contributed by atoms with Crippen molar-refractivity contribution in [3.05, 3.63) is 29.8 Å². The molecule has 1 atom stereocenters. The van der Waals surface area contributed by atoms with E-state index in [2.05, 4.69) is 4.99 Å². The maximum atomic E-state index is 10.9. The number of phenols is 1. The Bertz CT molecular complexity index is 377. The number of carbonyl (C=O) groups excluding carboxylic acids is 1. The van der Waals surface area contributed by atoms with E-state index in [4.69, 9.17) is 5.21 Å². The molecule has 15 heavy (non-hydrogen) atoms. The van der Waals surface area contributed by atoms with E-state index >= 15 is 0 Å². The van der Waals surface area contributed by atoms with Crippen molar-refractivity contribution in [1.29, 1.82) is 0 Å². The fourth-order valence-corrected chi connectivity index (χ4v) is 0.950. The molecule has 0 aliphatic heterocycles. The Morgan fingerprint density at radius 3 is 2.80 bits per heavy atom. The van der Waals surface area contributed by atoms with Crippen LogP contribution in [0.3, 0.4) is 0 Å². The molecule has 1 aromatic rings. The minimum Gasteiger partial charge on any atom is -0.507 e. The van der Waals surface area contributed by atoms with Crippen LogP contribution in [0.15, 0.2) is 29.3 Å². The average Bonchev–Trinajstić information content (AvgIpc) is 2.26. The Morgan fingerprint density at radius 2 is 2.20 bits per heavy atom. The Morgan fingerprint density at radius 1 is 1.53 bits per heavy atom. The number of nitrogens with one attached hydrogen (secondary N) is 1. The summed E-state index contributed by atoms with van der Waals surface area (Å²) in [7, 11) is 0. The molecule has 1 amide bonds. The van der Waals surface area contributed by atoms with Crippen LogP contribution >= 0.6 is 0 Å². The lowest BCUT2D eigenvalue weighted by Crippen LogP contribution is -2.28. The second-order valence-corrected chi connectivity index (χ2v) is 2.99. The summed E-state index contributed by atoms with van der Waals surface area (Å²) in [6.07, 6.45) is 1.38. The first-order valence-corrected chi connectivity index (χ1v) is 4.40. The van der Waals surface area contributed by atoms with Crippen LogP contribution in [0.1, 0.15) is 12.5 Å². The van der Waals surface area contributed by atoms with Crippen LogP contribution in [0.2, 0.25) is 0 Å². The molecule has 0 saturated heterocycles. The molecule has 0 radical (unpaired) electrons. The van der Waals surface area contributed by atoms with E-state index in [-0.39, 0.29) is 5.75 Å². The van der Waals surface area contributed by atoms with Crippen LogP contribution < -0.4 is 5.48 Å². The van der Waals surface area contributed by atoms with Gasteiger partial charge in [0.1, 0.15) is 11.8 Å². The largest absolute Gasteiger partial charge is 0.507 e. The van der Waals surface area contributed by atoms with Crippen molar-refractivity contribution in [1.82, 2.24) is 5.48 Å². The van der Waals surface area contributed by atoms with Crippen molar-refractivity contribution in [3.63, 3.8) is 0 Å². The van der Waals surface area contributed by atoms with E-state index in [1.165, 1.54) is 24.7 Å². The molecule has 5 nitrogen and oxygen atoms in total. The number of phenolic OH excluding ortho intramolecular Hbond substituents is 1. The number of aliphatic imine (C=N–C) groups is 1. The number of nitrogens with zero attached hydrogens (tertiary/aromatic N) is 1. The zero-order valence-electron chi connectivity index (χ0n) is 8.21. The van der Waals surface area contributed by atoms with Gasteiger partial charge in [0.05, 0.1) is 0 Å². The zero-order chi connectivity index (χ0) is 11.3. The van der Waals surface area contributed by atoms with Gasteiger partial charge in [-0.25, -0.2) is 5.48 Å². The summed E-state index contributed by atoms with van der Waals surface area (Å²) in [5.41, 5.74) is 2.02. The molecule has 0 aliphatic carbocycles. The first-order chi connectivity index (χ1) is 7.15. The lowest BCUT2D eigenvalue weighted by atomic mass is 10.2. The number of aromatic hydroxyl groups is 1. The molecule has 80 valence electrons. The lowest BCUT2D eigenvalue weighted by molar-refractivity contribution is -0.130. The Labute approximate surface area is 87.0 Å². The number of carbonyl (C=O) groups is 1. The van der Waals surface area contributed by atoms with Gasteiger partial charge < -0.3 is 5.11 Å². The molecule has 5 heteroatoms. The summed E-state index contributed by atoms with van der Waals surface area (Å²) in [4.78, 5) is 14.7. The van der Waals surface area contributed by atoms with Gasteiger partial charge in [0, 0.05) is 11.8 Å². The maximum Gasteiger partial charge on any atom is 0.267 e. The number of para-hydroxylation sites is 1. The third-order valence-corrected chi connectivity index (χ3v) is 1.86. The van der Waals surface area contributed by atoms with Crippen LogP contribution in [0, 0.1) is 0 Å². The second-order valence-electron chi connectivity index (χ2n) is 2.99. The summed E-state index contributed by atoms with van der Waals surface area (Å²) >= 11 is 0. The highest BCUT2D eigenvalue weighted by molar-refractivity contribution is 5.87. The standard InChI is InChI=1S/C10H12N2O3/c1-7(10(14)12-15)11-6-8-4-2-3-5-9(8)13/h2-7,13,15H,1H3,(H,12,14)/t7-/m0/s1. The Hall–Kier alpha value is -1.88. The smallest absolute Gasteiger partial charge is 0.267 e. The van der Waals surface area contributed by atoms with E-state index in [0.717, 1.165) is 0 Å². The molecule has 1 aromatic carbocycles. The minimum atomic E-state index is -0.699. The minimum absolute atomic E-state index is 0.0952. The SMILES string of the molecule is C[C@H](N=Cc1ccccc1O)C(=O)NO. The summed E-state index contributed by atoms with van der Waals surface area (Å²) in [5, 5.41) is 17.7. The molecule has 3 N–H and O–H groups in total. The highest BCUT2D eigenvalue weighted by Gasteiger charge is 2.08. The predicted molar refractivity (Wildman–Crippen MR) is 55.1 cm³/mol. The zero-order valence-corrected chi connectivity index (χ0v) is 8.21. The van der Waals surface area contributed by atoms with E-state index in [0.29, 0.717) is 5.56 Å². The van der Waals surface area contributed by atoms with Gasteiger partial charge >= 0.3 is 0 Å². The summed E-state index contributed by atoms with van der Waals surface area (Å²) in [5.74, 6) is -0.500. The molecule has 0 heterocycles. The number of hydrogen-bond acceptors (Lipinski definition) is 4. The molecule has 0 aliphatic rings. The van der Waals surface area contributed by atoms with Gasteiger partial charge in [-0.1, -0.05) is 12.1 Å². The molecular weight excluding hydrogens is 196 g/mol. The number of amides is 1. The monoisotopic (exact) mass is 208 g/mol. The van der Waals surface area contributed by atoms with Gasteiger partial charge in [-0.05, 0) is 19.1 Å². The topological polar surface area (TPSA) is 81.9 Å². The average molecular weight is 208 g/mol. The maximum absolute atomic E-state index is 10.9. The van der Waals surface area contributed by atoms with Crippen molar-refractivity contribution in [2.24, 2.45) is 4.99 Å². The Kier molecular flexibility index (Phi) is 3.82. The van der Waals surface area contributed by atoms with Crippen LogP contribution in [-0.4, -0.2) is 28.5 Å². The van der Waals surface area contributed by atoms with E-state index in [1.807, 2.05) is 0 Å². The van der Waals surface area contributed by atoms with Crippen molar-refractivity contribution in [2.75, 3.05) is 0 Å². The van der Waals surface area contributed by atoms with Gasteiger partial charge in [-0.3, -0.25) is 15.0 Å². The van der Waals surface area contributed by atoms with Gasteiger partial charge in [0.25, 0.3) is 5.91 Å². The normalized spacial score (nSPS) is 12.7. The number of benzene rings is 1. The second kappa shape index (κ2) is 5.11. The van der Waals surface area contributed by atoms with Crippen LogP contribution in [-0.2, 0) is 4.79 Å². The van der Waals surface area contributed by atoms with Gasteiger partial charge in [0.15, 0.2) is 0 Å². The first-order valence-electron chi connectivity index (χ1n) is 4.40. The van der Waals surface area contributed by atoms with E-state index in [1.54, 1.807) is 18.2 Å². The first kappa shape index (κ1) is 11.2. The van der Waals surface area contributed by atoms with Crippen molar-refractivity contribution in [3.8, 4) is 5.75 Å². The molecule has 0 saturated carbocycles. The number of hydroxylamine groups is 1. The third kappa shape index (κ3) is 3.07. The highest BCUT2D eigenvalue weighted by Crippen LogP contribution is 2.12. The Balaban J connectivity index is 2.74. The van der Waals surface area contributed by atoms with Crippen LogP contribution in [0.4, 0.5) is 0 Å². The third-order valence-electron chi connectivity index (χ3n) is 1.86. The van der Waals surface area contributed by atoms with Crippen molar-refractivity contribution in [2.45, 2.75) is 13.0 Å². The molecule has 1 rings (SSSR count). The highest BCUT2D eigenvalue weighted by atomic mass is 16.5. The number of hydrogen-bond donors (Lipinski definition) is 3. The number of rotatable bonds is 3. The van der Waals surface area contributed by atoms with E-state index in [9.17, 15) is 9.90 Å². The molecule has 0 spiro atoms. The summed E-state index contributed by atoms with van der Waals surface area (Å²) in [6.45, 7) is 1.53. The molecule has 0 bridgehead atoms. The fourth-order valence-electron chi connectivity index (χ4n) is 0.950. The van der Waals surface area contributed by atoms with Gasteiger partial charge in [0.2, 0.25) is 0 Å². The quantitative estimate of drug-likeness (QED) is 0.388. The van der Waals surface area contributed by atoms with E-state index < -0.39 is 11.9 Å². The molecule has 0 fully saturated rings. The van der Waals surface area contributed by atoms with Crippen LogP contribution in [0.5, 0.6) is 5.75 Å². The lowest BCUT2D eigenvalue weighted by Gasteiger charge is -2.02. The summed E-state index contributed by atoms with van der Waals surface area (Å²) < 4.78 is 0. The fraction of sp³-hybridized carbons (Fsp3) is 0.200. The summed E-state index contributed by atoms with van der Waals surface area (Å²) in [6, 6.07) is 5.93. The molecular formula is C10H12N2O3. The van der Waals surface area contributed by atoms with Crippen LogP contribution in [0.25, 0.3) is 0 Å². The molecule has 0 aromatic heterocycles. The van der Waals surface area contributed by atoms with Gasteiger partial charge in [-0.2, -0.15) is 0 Å². The predicted octanol–water partition coefficient (Wildman–Crippen LogP) is 0.705. The van der Waals surface area contributed by atoms with Gasteiger partial charge in [-0.15, -0.1) is 0 Å². The molecule has 0 unspecified atom stereocenters. The van der Waals surface area contributed by atoms with Crippen molar-refractivity contribution >= 4 is 12.1 Å². The van der Waals surface area contributed by atoms with Crippen molar-refractivity contribution < 1.29 is 15.1 Å².